The van der Waals surface area contributed by atoms with E-state index >= 15 is 0 Å². The number of hydrogen-bond donors (Lipinski definition) is 1. The van der Waals surface area contributed by atoms with Crippen LogP contribution in [0.15, 0.2) is 23.6 Å². The molecule has 2 N–H and O–H groups in total. The number of rotatable bonds is 1. The SMILES string of the molecule is CC(C)c1ccc(N)c2sccc12. The van der Waals surface area contributed by atoms with Crippen molar-refractivity contribution in [2.75, 3.05) is 5.73 Å². The van der Waals surface area contributed by atoms with E-state index in [4.69, 9.17) is 5.73 Å². The highest BCUT2D eigenvalue weighted by atomic mass is 32.1. The Hall–Kier alpha value is -1.02. The molecular weight excluding hydrogens is 178 g/mol. The van der Waals surface area contributed by atoms with Gasteiger partial charge in [0.25, 0.3) is 0 Å². The fraction of sp³-hybridized carbons (Fsp3) is 0.273. The van der Waals surface area contributed by atoms with Crippen LogP contribution in [0.1, 0.15) is 25.3 Å². The van der Waals surface area contributed by atoms with Crippen molar-refractivity contribution in [1.29, 1.82) is 0 Å². The van der Waals surface area contributed by atoms with Gasteiger partial charge in [-0.05, 0) is 34.4 Å². The van der Waals surface area contributed by atoms with Gasteiger partial charge in [-0.2, -0.15) is 0 Å². The van der Waals surface area contributed by atoms with E-state index in [2.05, 4.69) is 31.4 Å². The summed E-state index contributed by atoms with van der Waals surface area (Å²) in [6.07, 6.45) is 0. The van der Waals surface area contributed by atoms with Crippen LogP contribution < -0.4 is 5.73 Å². The Morgan fingerprint density at radius 3 is 2.69 bits per heavy atom. The van der Waals surface area contributed by atoms with Crippen LogP contribution in [-0.2, 0) is 0 Å². The zero-order valence-corrected chi connectivity index (χ0v) is 8.69. The fourth-order valence-electron chi connectivity index (χ4n) is 1.61. The molecule has 0 spiro atoms. The topological polar surface area (TPSA) is 26.0 Å². The lowest BCUT2D eigenvalue weighted by atomic mass is 9.99. The number of thiophene rings is 1. The molecule has 1 aromatic carbocycles. The van der Waals surface area contributed by atoms with E-state index in [1.165, 1.54) is 15.6 Å². The summed E-state index contributed by atoms with van der Waals surface area (Å²) in [7, 11) is 0. The second kappa shape index (κ2) is 3.04. The number of nitrogens with two attached hydrogens (primary N) is 1. The molecule has 2 aromatic rings. The molecule has 0 unspecified atom stereocenters. The summed E-state index contributed by atoms with van der Waals surface area (Å²) in [6, 6.07) is 6.30. The van der Waals surface area contributed by atoms with Crippen LogP contribution in [0.2, 0.25) is 0 Å². The number of nitrogen functional groups attached to an aromatic ring is 1. The van der Waals surface area contributed by atoms with Crippen LogP contribution >= 0.6 is 11.3 Å². The van der Waals surface area contributed by atoms with Crippen LogP contribution in [0, 0.1) is 0 Å². The largest absolute Gasteiger partial charge is 0.398 e. The molecule has 68 valence electrons. The monoisotopic (exact) mass is 191 g/mol. The van der Waals surface area contributed by atoms with Gasteiger partial charge in [-0.1, -0.05) is 19.9 Å². The lowest BCUT2D eigenvalue weighted by Crippen LogP contribution is -1.90. The summed E-state index contributed by atoms with van der Waals surface area (Å²) < 4.78 is 1.23. The van der Waals surface area contributed by atoms with Crippen molar-refractivity contribution in [3.8, 4) is 0 Å². The van der Waals surface area contributed by atoms with Crippen molar-refractivity contribution in [3.63, 3.8) is 0 Å². The first-order valence-electron chi connectivity index (χ1n) is 4.45. The Kier molecular flexibility index (Phi) is 2.00. The van der Waals surface area contributed by atoms with Crippen molar-refractivity contribution in [1.82, 2.24) is 0 Å². The molecule has 0 fully saturated rings. The van der Waals surface area contributed by atoms with E-state index in [1.807, 2.05) is 6.07 Å². The molecule has 0 atom stereocenters. The van der Waals surface area contributed by atoms with Gasteiger partial charge in [0.2, 0.25) is 0 Å². The smallest absolute Gasteiger partial charge is 0.0575 e. The van der Waals surface area contributed by atoms with Crippen molar-refractivity contribution in [2.45, 2.75) is 19.8 Å². The van der Waals surface area contributed by atoms with Gasteiger partial charge in [0, 0.05) is 5.69 Å². The minimum atomic E-state index is 0.567. The average Bonchev–Trinajstić information content (AvgIpc) is 2.53. The Morgan fingerprint density at radius 2 is 2.00 bits per heavy atom. The second-order valence-corrected chi connectivity index (χ2v) is 4.48. The van der Waals surface area contributed by atoms with Gasteiger partial charge in [0.1, 0.15) is 0 Å². The van der Waals surface area contributed by atoms with Gasteiger partial charge in [0.05, 0.1) is 4.70 Å². The third kappa shape index (κ3) is 1.31. The standard InChI is InChI=1S/C11H13NS/c1-7(2)8-3-4-10(12)11-9(8)5-6-13-11/h3-7H,12H2,1-2H3. The number of hydrogen-bond acceptors (Lipinski definition) is 2. The molecule has 1 heterocycles. The normalized spacial score (nSPS) is 11.3. The molecule has 0 radical (unpaired) electrons. The van der Waals surface area contributed by atoms with Gasteiger partial charge in [-0.15, -0.1) is 11.3 Å². The molecule has 0 aliphatic carbocycles. The Morgan fingerprint density at radius 1 is 1.23 bits per heavy atom. The number of fused-ring (bicyclic) bond motifs is 1. The van der Waals surface area contributed by atoms with E-state index in [9.17, 15) is 0 Å². The molecule has 0 bridgehead atoms. The van der Waals surface area contributed by atoms with Crippen LogP contribution in [-0.4, -0.2) is 0 Å². The first-order chi connectivity index (χ1) is 6.20. The minimum Gasteiger partial charge on any atom is -0.398 e. The first-order valence-corrected chi connectivity index (χ1v) is 5.33. The fourth-order valence-corrected chi connectivity index (χ4v) is 2.47. The molecule has 0 amide bonds. The maximum atomic E-state index is 5.88. The van der Waals surface area contributed by atoms with Gasteiger partial charge in [-0.25, -0.2) is 0 Å². The number of benzene rings is 1. The van der Waals surface area contributed by atoms with Crippen molar-refractivity contribution in [3.05, 3.63) is 29.1 Å². The first kappa shape index (κ1) is 8.57. The molecule has 2 heteroatoms. The maximum absolute atomic E-state index is 5.88. The van der Waals surface area contributed by atoms with Crippen molar-refractivity contribution < 1.29 is 0 Å². The molecule has 0 saturated heterocycles. The van der Waals surface area contributed by atoms with Crippen LogP contribution in [0.3, 0.4) is 0 Å². The van der Waals surface area contributed by atoms with Gasteiger partial charge < -0.3 is 5.73 Å². The second-order valence-electron chi connectivity index (χ2n) is 3.56. The van der Waals surface area contributed by atoms with Crippen LogP contribution in [0.25, 0.3) is 10.1 Å². The van der Waals surface area contributed by atoms with E-state index in [-0.39, 0.29) is 0 Å². The van der Waals surface area contributed by atoms with Gasteiger partial charge >= 0.3 is 0 Å². The molecule has 0 aliphatic heterocycles. The lowest BCUT2D eigenvalue weighted by Gasteiger charge is -2.07. The van der Waals surface area contributed by atoms with E-state index < -0.39 is 0 Å². The average molecular weight is 191 g/mol. The third-order valence-electron chi connectivity index (χ3n) is 2.30. The summed E-state index contributed by atoms with van der Waals surface area (Å²) in [4.78, 5) is 0. The molecule has 2 rings (SSSR count). The van der Waals surface area contributed by atoms with Crippen LogP contribution in [0.4, 0.5) is 5.69 Å². The van der Waals surface area contributed by atoms with Crippen molar-refractivity contribution in [2.24, 2.45) is 0 Å². The lowest BCUT2D eigenvalue weighted by molar-refractivity contribution is 0.877. The predicted octanol–water partition coefficient (Wildman–Crippen LogP) is 3.61. The molecule has 1 aromatic heterocycles. The molecule has 13 heavy (non-hydrogen) atoms. The minimum absolute atomic E-state index is 0.567. The molecule has 0 aliphatic rings. The predicted molar refractivity (Wildman–Crippen MR) is 60.3 cm³/mol. The Balaban J connectivity index is 2.78. The molecular formula is C11H13NS. The van der Waals surface area contributed by atoms with Gasteiger partial charge in [-0.3, -0.25) is 0 Å². The third-order valence-corrected chi connectivity index (χ3v) is 3.27. The quantitative estimate of drug-likeness (QED) is 0.685. The van der Waals surface area contributed by atoms with Gasteiger partial charge in [0.15, 0.2) is 0 Å². The zero-order valence-electron chi connectivity index (χ0n) is 7.87. The summed E-state index contributed by atoms with van der Waals surface area (Å²) in [5.74, 6) is 0.567. The summed E-state index contributed by atoms with van der Waals surface area (Å²) in [5.41, 5.74) is 8.17. The Bertz CT molecular complexity index is 429. The van der Waals surface area contributed by atoms with Crippen LogP contribution in [0.5, 0.6) is 0 Å². The summed E-state index contributed by atoms with van der Waals surface area (Å²) >= 11 is 1.72. The van der Waals surface area contributed by atoms with E-state index in [0.717, 1.165) is 5.69 Å². The Labute approximate surface area is 82.2 Å². The summed E-state index contributed by atoms with van der Waals surface area (Å²) in [5, 5.41) is 3.42. The maximum Gasteiger partial charge on any atom is 0.0575 e. The number of anilines is 1. The molecule has 1 nitrogen and oxygen atoms in total. The van der Waals surface area contributed by atoms with Crippen molar-refractivity contribution >= 4 is 27.1 Å². The van der Waals surface area contributed by atoms with E-state index in [0.29, 0.717) is 5.92 Å². The molecule has 0 saturated carbocycles. The zero-order chi connectivity index (χ0) is 9.42. The highest BCUT2D eigenvalue weighted by molar-refractivity contribution is 7.17. The summed E-state index contributed by atoms with van der Waals surface area (Å²) in [6.45, 7) is 4.42. The highest BCUT2D eigenvalue weighted by Crippen LogP contribution is 2.32. The van der Waals surface area contributed by atoms with E-state index in [1.54, 1.807) is 11.3 Å². The highest BCUT2D eigenvalue weighted by Gasteiger charge is 2.07.